The molecule has 8 heteroatoms. The number of carbonyl (C=O) groups excluding carboxylic acids is 1. The highest BCUT2D eigenvalue weighted by atomic mass is 35.5. The van der Waals surface area contributed by atoms with Gasteiger partial charge in [-0.25, -0.2) is 13.2 Å². The van der Waals surface area contributed by atoms with E-state index in [0.29, 0.717) is 10.7 Å². The highest BCUT2D eigenvalue weighted by Gasteiger charge is 2.28. The summed E-state index contributed by atoms with van der Waals surface area (Å²) in [5.41, 5.74) is 0.338. The van der Waals surface area contributed by atoms with Gasteiger partial charge in [-0.3, -0.25) is 4.31 Å². The van der Waals surface area contributed by atoms with Crippen LogP contribution in [-0.4, -0.2) is 20.9 Å². The van der Waals surface area contributed by atoms with Crippen LogP contribution in [0.5, 0.6) is 5.75 Å². The van der Waals surface area contributed by atoms with E-state index in [1.54, 1.807) is 48.5 Å². The second-order valence-electron chi connectivity index (χ2n) is 5.71. The molecule has 0 aliphatic rings. The Labute approximate surface area is 173 Å². The number of sulfonamides is 1. The Morgan fingerprint density at radius 1 is 0.893 bits per heavy atom. The van der Waals surface area contributed by atoms with E-state index in [1.165, 1.54) is 30.3 Å². The minimum atomic E-state index is -3.98. The molecule has 0 saturated carbocycles. The van der Waals surface area contributed by atoms with Gasteiger partial charge in [0, 0.05) is 5.02 Å². The fourth-order valence-corrected chi connectivity index (χ4v) is 4.34. The summed E-state index contributed by atoms with van der Waals surface area (Å²) in [5.74, 6) is -0.686. The first-order valence-electron chi connectivity index (χ1n) is 8.16. The van der Waals surface area contributed by atoms with Crippen LogP contribution in [0.4, 0.5) is 5.69 Å². The number of anilines is 1. The molecule has 3 aromatic carbocycles. The Morgan fingerprint density at radius 2 is 1.50 bits per heavy atom. The average molecular weight is 436 g/mol. The standard InChI is InChI=1S/C20H15Cl2NO4S/c21-15-11-12-19(18(22)13-15)27-20(24)14-23(16-7-3-1-4-8-16)28(25,26)17-9-5-2-6-10-17/h1-13H,14H2. The van der Waals surface area contributed by atoms with Crippen LogP contribution < -0.4 is 9.04 Å². The van der Waals surface area contributed by atoms with Crippen molar-refractivity contribution in [2.75, 3.05) is 10.8 Å². The lowest BCUT2D eigenvalue weighted by atomic mass is 10.3. The van der Waals surface area contributed by atoms with E-state index < -0.39 is 22.5 Å². The summed E-state index contributed by atoms with van der Waals surface area (Å²) in [4.78, 5) is 12.6. The Hall–Kier alpha value is -2.54. The Kier molecular flexibility index (Phi) is 6.24. The minimum Gasteiger partial charge on any atom is -0.424 e. The van der Waals surface area contributed by atoms with Crippen molar-refractivity contribution < 1.29 is 17.9 Å². The summed E-state index contributed by atoms with van der Waals surface area (Å²) >= 11 is 11.9. The molecule has 0 heterocycles. The Bertz CT molecular complexity index is 1070. The van der Waals surface area contributed by atoms with Gasteiger partial charge in [0.2, 0.25) is 0 Å². The zero-order chi connectivity index (χ0) is 20.1. The normalized spacial score (nSPS) is 11.1. The zero-order valence-corrected chi connectivity index (χ0v) is 16.8. The molecule has 3 aromatic rings. The van der Waals surface area contributed by atoms with Crippen molar-refractivity contribution in [2.24, 2.45) is 0 Å². The predicted molar refractivity (Wildman–Crippen MR) is 110 cm³/mol. The molecular formula is C20H15Cl2NO4S. The number of nitrogens with zero attached hydrogens (tertiary/aromatic N) is 1. The number of carbonyl (C=O) groups is 1. The van der Waals surface area contributed by atoms with Gasteiger partial charge in [-0.2, -0.15) is 0 Å². The summed E-state index contributed by atoms with van der Waals surface area (Å²) in [6.07, 6.45) is 0. The van der Waals surface area contributed by atoms with Crippen LogP contribution in [0.25, 0.3) is 0 Å². The predicted octanol–water partition coefficient (Wildman–Crippen LogP) is 4.79. The van der Waals surface area contributed by atoms with E-state index in [-0.39, 0.29) is 15.7 Å². The lowest BCUT2D eigenvalue weighted by Gasteiger charge is -2.23. The molecule has 0 N–H and O–H groups in total. The summed E-state index contributed by atoms with van der Waals surface area (Å²) in [5, 5.41) is 0.542. The maximum absolute atomic E-state index is 13.1. The molecular weight excluding hydrogens is 421 g/mol. The van der Waals surface area contributed by atoms with Gasteiger partial charge in [0.05, 0.1) is 15.6 Å². The molecule has 0 aliphatic heterocycles. The number of para-hydroxylation sites is 1. The molecule has 0 saturated heterocycles. The van der Waals surface area contributed by atoms with Crippen LogP contribution in [0, 0.1) is 0 Å². The first kappa shape index (κ1) is 20.2. The van der Waals surface area contributed by atoms with Gasteiger partial charge < -0.3 is 4.74 Å². The largest absolute Gasteiger partial charge is 0.424 e. The van der Waals surface area contributed by atoms with Crippen LogP contribution in [-0.2, 0) is 14.8 Å². The molecule has 28 heavy (non-hydrogen) atoms. The van der Waals surface area contributed by atoms with E-state index in [0.717, 1.165) is 4.31 Å². The van der Waals surface area contributed by atoms with Gasteiger partial charge in [-0.15, -0.1) is 0 Å². The van der Waals surface area contributed by atoms with Crippen molar-refractivity contribution >= 4 is 44.9 Å². The minimum absolute atomic E-state index is 0.0659. The fourth-order valence-electron chi connectivity index (χ4n) is 2.46. The molecule has 0 aliphatic carbocycles. The fraction of sp³-hybridized carbons (Fsp3) is 0.0500. The summed E-state index contributed by atoms with van der Waals surface area (Å²) < 4.78 is 32.5. The van der Waals surface area contributed by atoms with E-state index in [1.807, 2.05) is 0 Å². The third-order valence-corrected chi connectivity index (χ3v) is 6.08. The number of ether oxygens (including phenoxy) is 1. The van der Waals surface area contributed by atoms with Gasteiger partial charge in [-0.05, 0) is 42.5 Å². The summed E-state index contributed by atoms with van der Waals surface area (Å²) in [6.45, 7) is -0.528. The second-order valence-corrected chi connectivity index (χ2v) is 8.42. The maximum atomic E-state index is 13.1. The summed E-state index contributed by atoms with van der Waals surface area (Å²) in [7, 11) is -3.98. The molecule has 5 nitrogen and oxygen atoms in total. The van der Waals surface area contributed by atoms with Crippen molar-refractivity contribution in [3.8, 4) is 5.75 Å². The van der Waals surface area contributed by atoms with Crippen molar-refractivity contribution in [3.05, 3.63) is 88.9 Å². The van der Waals surface area contributed by atoms with Crippen LogP contribution in [0.3, 0.4) is 0 Å². The Balaban J connectivity index is 1.91. The van der Waals surface area contributed by atoms with Crippen molar-refractivity contribution in [3.63, 3.8) is 0 Å². The van der Waals surface area contributed by atoms with Crippen LogP contribution >= 0.6 is 23.2 Å². The average Bonchev–Trinajstić information content (AvgIpc) is 2.69. The Morgan fingerprint density at radius 3 is 2.11 bits per heavy atom. The molecule has 144 valence electrons. The van der Waals surface area contributed by atoms with Gasteiger partial charge >= 0.3 is 5.97 Å². The number of hydrogen-bond acceptors (Lipinski definition) is 4. The van der Waals surface area contributed by atoms with Gasteiger partial charge in [0.25, 0.3) is 10.0 Å². The van der Waals surface area contributed by atoms with Crippen LogP contribution in [0.1, 0.15) is 0 Å². The number of benzene rings is 3. The number of esters is 1. The molecule has 3 rings (SSSR count). The number of hydrogen-bond donors (Lipinski definition) is 0. The van der Waals surface area contributed by atoms with Crippen molar-refractivity contribution in [2.45, 2.75) is 4.90 Å². The van der Waals surface area contributed by atoms with E-state index in [2.05, 4.69) is 0 Å². The summed E-state index contributed by atoms with van der Waals surface area (Å²) in [6, 6.07) is 20.6. The molecule has 0 fully saturated rings. The highest BCUT2D eigenvalue weighted by Crippen LogP contribution is 2.28. The first-order chi connectivity index (χ1) is 13.4. The second kappa shape index (κ2) is 8.65. The molecule has 0 aromatic heterocycles. The quantitative estimate of drug-likeness (QED) is 0.412. The smallest absolute Gasteiger partial charge is 0.332 e. The highest BCUT2D eigenvalue weighted by molar-refractivity contribution is 7.92. The van der Waals surface area contributed by atoms with Crippen molar-refractivity contribution in [1.82, 2.24) is 0 Å². The molecule has 0 spiro atoms. The number of halogens is 2. The molecule has 0 amide bonds. The van der Waals surface area contributed by atoms with E-state index in [9.17, 15) is 13.2 Å². The third-order valence-electron chi connectivity index (χ3n) is 3.77. The zero-order valence-electron chi connectivity index (χ0n) is 14.5. The third kappa shape index (κ3) is 4.65. The van der Waals surface area contributed by atoms with E-state index in [4.69, 9.17) is 27.9 Å². The molecule has 0 atom stereocenters. The van der Waals surface area contributed by atoms with Crippen molar-refractivity contribution in [1.29, 1.82) is 0 Å². The maximum Gasteiger partial charge on any atom is 0.332 e. The SMILES string of the molecule is O=C(CN(c1ccccc1)S(=O)(=O)c1ccccc1)Oc1ccc(Cl)cc1Cl. The van der Waals surface area contributed by atoms with Gasteiger partial charge in [0.15, 0.2) is 0 Å². The molecule has 0 radical (unpaired) electrons. The van der Waals surface area contributed by atoms with Gasteiger partial charge in [0.1, 0.15) is 12.3 Å². The monoisotopic (exact) mass is 435 g/mol. The first-order valence-corrected chi connectivity index (χ1v) is 10.4. The lowest BCUT2D eigenvalue weighted by molar-refractivity contribution is -0.132. The number of rotatable bonds is 6. The van der Waals surface area contributed by atoms with Gasteiger partial charge in [-0.1, -0.05) is 59.6 Å². The molecule has 0 bridgehead atoms. The van der Waals surface area contributed by atoms with Crippen LogP contribution in [0.2, 0.25) is 10.0 Å². The lowest BCUT2D eigenvalue weighted by Crippen LogP contribution is -2.37. The van der Waals surface area contributed by atoms with Crippen LogP contribution in [0.15, 0.2) is 83.8 Å². The topological polar surface area (TPSA) is 63.7 Å². The molecule has 0 unspecified atom stereocenters. The van der Waals surface area contributed by atoms with E-state index >= 15 is 0 Å².